The molecule has 0 unspecified atom stereocenters. The van der Waals surface area contributed by atoms with Crippen molar-refractivity contribution in [1.29, 1.82) is 0 Å². The number of alkyl halides is 1. The van der Waals surface area contributed by atoms with Crippen molar-refractivity contribution in [2.24, 2.45) is 5.92 Å². The van der Waals surface area contributed by atoms with Crippen molar-refractivity contribution < 1.29 is 13.9 Å². The molecule has 4 heteroatoms. The highest BCUT2D eigenvalue weighted by atomic mass is 19.1. The molecule has 0 amide bonds. The fourth-order valence-corrected chi connectivity index (χ4v) is 1.39. The van der Waals surface area contributed by atoms with Gasteiger partial charge in [0.2, 0.25) is 0 Å². The average molecular weight is 175 g/mol. The molecule has 3 nitrogen and oxygen atoms in total. The van der Waals surface area contributed by atoms with Gasteiger partial charge in [-0.2, -0.15) is 0 Å². The van der Waals surface area contributed by atoms with Gasteiger partial charge in [0.05, 0.1) is 13.5 Å². The largest absolute Gasteiger partial charge is 0.469 e. The summed E-state index contributed by atoms with van der Waals surface area (Å²) in [6.07, 6.45) is -0.169. The molecule has 0 aromatic carbocycles. The van der Waals surface area contributed by atoms with E-state index in [2.05, 4.69) is 10.1 Å². The van der Waals surface area contributed by atoms with Gasteiger partial charge >= 0.3 is 5.97 Å². The Morgan fingerprint density at radius 2 is 2.50 bits per heavy atom. The molecule has 2 atom stereocenters. The summed E-state index contributed by atoms with van der Waals surface area (Å²) >= 11 is 0. The third kappa shape index (κ3) is 2.44. The van der Waals surface area contributed by atoms with Crippen molar-refractivity contribution in [2.75, 3.05) is 20.2 Å². The maximum atomic E-state index is 13.1. The Bertz CT molecular complexity index is 163. The maximum absolute atomic E-state index is 13.1. The van der Waals surface area contributed by atoms with E-state index in [-0.39, 0.29) is 18.3 Å². The minimum absolute atomic E-state index is 0.185. The Morgan fingerprint density at radius 3 is 3.08 bits per heavy atom. The SMILES string of the molecule is COC(=O)C[C@@H]1CNCC[C@H]1F. The maximum Gasteiger partial charge on any atom is 0.305 e. The molecule has 0 saturated carbocycles. The Labute approximate surface area is 71.3 Å². The molecule has 1 saturated heterocycles. The van der Waals surface area contributed by atoms with Gasteiger partial charge in [-0.05, 0) is 13.0 Å². The molecule has 0 spiro atoms. The Kier molecular flexibility index (Phi) is 3.47. The number of hydrogen-bond donors (Lipinski definition) is 1. The second kappa shape index (κ2) is 4.40. The van der Waals surface area contributed by atoms with Gasteiger partial charge in [0.25, 0.3) is 0 Å². The van der Waals surface area contributed by atoms with Gasteiger partial charge in [-0.1, -0.05) is 0 Å². The molecule has 0 bridgehead atoms. The van der Waals surface area contributed by atoms with Crippen LogP contribution < -0.4 is 5.32 Å². The van der Waals surface area contributed by atoms with Crippen molar-refractivity contribution in [3.8, 4) is 0 Å². The summed E-state index contributed by atoms with van der Waals surface area (Å²) in [5.41, 5.74) is 0. The number of ether oxygens (including phenoxy) is 1. The molecule has 1 fully saturated rings. The zero-order chi connectivity index (χ0) is 8.97. The minimum atomic E-state index is -0.856. The lowest BCUT2D eigenvalue weighted by atomic mass is 9.94. The highest BCUT2D eigenvalue weighted by molar-refractivity contribution is 5.69. The predicted octanol–water partition coefficient (Wildman–Crippen LogP) is 0.497. The van der Waals surface area contributed by atoms with Crippen LogP contribution in [0.2, 0.25) is 0 Å². The second-order valence-electron chi connectivity index (χ2n) is 3.05. The number of esters is 1. The van der Waals surface area contributed by atoms with Gasteiger partial charge in [-0.3, -0.25) is 4.79 Å². The van der Waals surface area contributed by atoms with Crippen LogP contribution in [-0.2, 0) is 9.53 Å². The summed E-state index contributed by atoms with van der Waals surface area (Å²) in [6.45, 7) is 1.29. The fourth-order valence-electron chi connectivity index (χ4n) is 1.39. The van der Waals surface area contributed by atoms with Crippen molar-refractivity contribution in [3.63, 3.8) is 0 Å². The van der Waals surface area contributed by atoms with E-state index in [0.29, 0.717) is 19.5 Å². The molecule has 0 radical (unpaired) electrons. The van der Waals surface area contributed by atoms with Crippen LogP contribution in [-0.4, -0.2) is 32.3 Å². The number of nitrogens with one attached hydrogen (secondary N) is 1. The summed E-state index contributed by atoms with van der Waals surface area (Å²) < 4.78 is 17.6. The molecule has 0 aromatic rings. The van der Waals surface area contributed by atoms with Crippen LogP contribution in [0.15, 0.2) is 0 Å². The summed E-state index contributed by atoms with van der Waals surface area (Å²) in [7, 11) is 1.33. The predicted molar refractivity (Wildman–Crippen MR) is 42.5 cm³/mol. The average Bonchev–Trinajstić information content (AvgIpc) is 2.09. The van der Waals surface area contributed by atoms with Crippen molar-refractivity contribution in [3.05, 3.63) is 0 Å². The monoisotopic (exact) mass is 175 g/mol. The summed E-state index contributed by atoms with van der Waals surface area (Å²) in [6, 6.07) is 0. The third-order valence-corrected chi connectivity index (χ3v) is 2.17. The van der Waals surface area contributed by atoms with Crippen molar-refractivity contribution in [1.82, 2.24) is 5.32 Å². The smallest absolute Gasteiger partial charge is 0.305 e. The van der Waals surface area contributed by atoms with E-state index < -0.39 is 6.17 Å². The Balaban J connectivity index is 2.33. The number of halogens is 1. The van der Waals surface area contributed by atoms with Crippen LogP contribution in [0.25, 0.3) is 0 Å². The standard InChI is InChI=1S/C8H14FNO2/c1-12-8(11)4-6-5-10-3-2-7(6)9/h6-7,10H,2-5H2,1H3/t6-,7-/m1/s1. The van der Waals surface area contributed by atoms with Gasteiger partial charge in [-0.15, -0.1) is 0 Å². The second-order valence-corrected chi connectivity index (χ2v) is 3.05. The first kappa shape index (κ1) is 9.45. The van der Waals surface area contributed by atoms with Crippen LogP contribution in [0.3, 0.4) is 0 Å². The minimum Gasteiger partial charge on any atom is -0.469 e. The van der Waals surface area contributed by atoms with E-state index in [9.17, 15) is 9.18 Å². The van der Waals surface area contributed by atoms with Crippen molar-refractivity contribution in [2.45, 2.75) is 19.0 Å². The van der Waals surface area contributed by atoms with Crippen LogP contribution in [0.1, 0.15) is 12.8 Å². The molecule has 1 heterocycles. The van der Waals surface area contributed by atoms with Crippen LogP contribution in [0, 0.1) is 5.92 Å². The number of carbonyl (C=O) groups is 1. The quantitative estimate of drug-likeness (QED) is 0.621. The number of hydrogen-bond acceptors (Lipinski definition) is 3. The topological polar surface area (TPSA) is 38.3 Å². The first-order valence-corrected chi connectivity index (χ1v) is 4.15. The lowest BCUT2D eigenvalue weighted by Gasteiger charge is -2.25. The molecule has 1 aliphatic rings. The Morgan fingerprint density at radius 1 is 1.75 bits per heavy atom. The van der Waals surface area contributed by atoms with Crippen LogP contribution in [0.4, 0.5) is 4.39 Å². The molecule has 70 valence electrons. The lowest BCUT2D eigenvalue weighted by molar-refractivity contribution is -0.142. The molecule has 1 rings (SSSR count). The number of rotatable bonds is 2. The molecule has 0 aromatic heterocycles. The summed E-state index contributed by atoms with van der Waals surface area (Å²) in [5, 5.41) is 3.05. The van der Waals surface area contributed by atoms with E-state index in [1.807, 2.05) is 0 Å². The normalized spacial score (nSPS) is 29.8. The highest BCUT2D eigenvalue weighted by Crippen LogP contribution is 2.18. The molecule has 12 heavy (non-hydrogen) atoms. The van der Waals surface area contributed by atoms with Crippen LogP contribution in [0.5, 0.6) is 0 Å². The zero-order valence-corrected chi connectivity index (χ0v) is 7.18. The molecule has 1 N–H and O–H groups in total. The fraction of sp³-hybridized carbons (Fsp3) is 0.875. The zero-order valence-electron chi connectivity index (χ0n) is 7.18. The van der Waals surface area contributed by atoms with Gasteiger partial charge in [-0.25, -0.2) is 4.39 Å². The van der Waals surface area contributed by atoms with Gasteiger partial charge < -0.3 is 10.1 Å². The highest BCUT2D eigenvalue weighted by Gasteiger charge is 2.26. The summed E-state index contributed by atoms with van der Waals surface area (Å²) in [5.74, 6) is -0.530. The first-order valence-electron chi connectivity index (χ1n) is 4.15. The van der Waals surface area contributed by atoms with E-state index in [1.165, 1.54) is 7.11 Å². The number of piperidine rings is 1. The Hall–Kier alpha value is -0.640. The van der Waals surface area contributed by atoms with E-state index in [4.69, 9.17) is 0 Å². The molecule has 0 aliphatic carbocycles. The van der Waals surface area contributed by atoms with Crippen molar-refractivity contribution >= 4 is 5.97 Å². The van der Waals surface area contributed by atoms with Crippen LogP contribution >= 0.6 is 0 Å². The van der Waals surface area contributed by atoms with Gasteiger partial charge in [0.1, 0.15) is 6.17 Å². The molecule has 1 aliphatic heterocycles. The van der Waals surface area contributed by atoms with E-state index in [1.54, 1.807) is 0 Å². The number of carbonyl (C=O) groups excluding carboxylic acids is 1. The van der Waals surface area contributed by atoms with Gasteiger partial charge in [0.15, 0.2) is 0 Å². The molecular weight excluding hydrogens is 161 g/mol. The molecular formula is C8H14FNO2. The third-order valence-electron chi connectivity index (χ3n) is 2.17. The number of methoxy groups -OCH3 is 1. The van der Waals surface area contributed by atoms with E-state index >= 15 is 0 Å². The van der Waals surface area contributed by atoms with Gasteiger partial charge in [0, 0.05) is 12.5 Å². The lowest BCUT2D eigenvalue weighted by Crippen LogP contribution is -2.38. The first-order chi connectivity index (χ1) is 5.74. The van der Waals surface area contributed by atoms with E-state index in [0.717, 1.165) is 0 Å². The summed E-state index contributed by atoms with van der Waals surface area (Å²) in [4.78, 5) is 10.8.